The molecule has 0 aromatic heterocycles. The van der Waals surface area contributed by atoms with E-state index in [2.05, 4.69) is 45.6 Å². The van der Waals surface area contributed by atoms with Gasteiger partial charge in [0.05, 0.1) is 5.54 Å². The highest BCUT2D eigenvalue weighted by Crippen LogP contribution is 2.31. The fraction of sp³-hybridized carbons (Fsp3) is 0.733. The van der Waals surface area contributed by atoms with Gasteiger partial charge in [0.25, 0.3) is 0 Å². The smallest absolute Gasteiger partial charge is 0.0951 e. The Hall–Kier alpha value is -0.560. The first kappa shape index (κ1) is 13.5. The van der Waals surface area contributed by atoms with Gasteiger partial charge >= 0.3 is 0 Å². The maximum absolute atomic E-state index is 4.46. The van der Waals surface area contributed by atoms with Crippen LogP contribution in [0.25, 0.3) is 0 Å². The summed E-state index contributed by atoms with van der Waals surface area (Å²) >= 11 is 0. The molecule has 1 aliphatic rings. The molecule has 1 rings (SSSR count). The van der Waals surface area contributed by atoms with E-state index in [-0.39, 0.29) is 5.54 Å². The van der Waals surface area contributed by atoms with Crippen LogP contribution in [0.2, 0.25) is 0 Å². The van der Waals surface area contributed by atoms with E-state index in [1.54, 1.807) is 5.57 Å². The summed E-state index contributed by atoms with van der Waals surface area (Å²) in [7, 11) is 0. The normalized spacial score (nSPS) is 24.6. The molecule has 0 radical (unpaired) electrons. The standard InChI is InChI=1S/C15H27N/c1-12(2)6-5-11-15(4,16)14-9-7-13(3)8-10-14/h6-7,14H,5,8-11,16H2,1-4H3/p+1/t14-,15-/m1/s1. The number of quaternary nitrogens is 1. The van der Waals surface area contributed by atoms with Gasteiger partial charge in [-0.15, -0.1) is 0 Å². The molecule has 0 aromatic rings. The van der Waals surface area contributed by atoms with E-state index in [1.807, 2.05) is 0 Å². The zero-order valence-corrected chi connectivity index (χ0v) is 11.5. The summed E-state index contributed by atoms with van der Waals surface area (Å²) in [6.07, 6.45) is 11.0. The van der Waals surface area contributed by atoms with Crippen molar-refractivity contribution in [3.05, 3.63) is 23.3 Å². The third kappa shape index (κ3) is 4.13. The van der Waals surface area contributed by atoms with Crippen LogP contribution in [0, 0.1) is 5.92 Å². The molecule has 1 nitrogen and oxygen atoms in total. The van der Waals surface area contributed by atoms with Crippen LogP contribution < -0.4 is 5.73 Å². The van der Waals surface area contributed by atoms with Crippen molar-refractivity contribution in [3.63, 3.8) is 0 Å². The molecule has 1 heteroatoms. The van der Waals surface area contributed by atoms with Crippen LogP contribution in [0.15, 0.2) is 23.3 Å². The van der Waals surface area contributed by atoms with E-state index in [4.69, 9.17) is 0 Å². The van der Waals surface area contributed by atoms with Gasteiger partial charge in [0.1, 0.15) is 0 Å². The van der Waals surface area contributed by atoms with Gasteiger partial charge in [0.2, 0.25) is 0 Å². The summed E-state index contributed by atoms with van der Waals surface area (Å²) in [5.41, 5.74) is 7.70. The van der Waals surface area contributed by atoms with Crippen LogP contribution in [0.5, 0.6) is 0 Å². The second kappa shape index (κ2) is 5.67. The third-order valence-electron chi connectivity index (χ3n) is 3.89. The molecule has 0 unspecified atom stereocenters. The molecule has 92 valence electrons. The van der Waals surface area contributed by atoms with E-state index in [0.717, 1.165) is 5.92 Å². The SMILES string of the molecule is CC(C)=CCC[C@@](C)([NH3+])[C@@H]1CC=C(C)CC1. The van der Waals surface area contributed by atoms with Crippen molar-refractivity contribution in [3.8, 4) is 0 Å². The van der Waals surface area contributed by atoms with Crippen molar-refractivity contribution in [1.82, 2.24) is 0 Å². The van der Waals surface area contributed by atoms with Gasteiger partial charge < -0.3 is 5.73 Å². The molecule has 0 spiro atoms. The maximum Gasteiger partial charge on any atom is 0.0951 e. The molecule has 0 bridgehead atoms. The summed E-state index contributed by atoms with van der Waals surface area (Å²) < 4.78 is 0. The predicted molar refractivity (Wildman–Crippen MR) is 71.1 cm³/mol. The minimum absolute atomic E-state index is 0.253. The summed E-state index contributed by atoms with van der Waals surface area (Å²) in [5, 5.41) is 0. The van der Waals surface area contributed by atoms with Gasteiger partial charge in [-0.2, -0.15) is 0 Å². The van der Waals surface area contributed by atoms with E-state index in [0.29, 0.717) is 0 Å². The summed E-state index contributed by atoms with van der Waals surface area (Å²) in [6, 6.07) is 0. The van der Waals surface area contributed by atoms with Crippen LogP contribution in [-0.4, -0.2) is 5.54 Å². The quantitative estimate of drug-likeness (QED) is 0.705. The van der Waals surface area contributed by atoms with E-state index in [9.17, 15) is 0 Å². The first-order chi connectivity index (χ1) is 7.42. The van der Waals surface area contributed by atoms with Gasteiger partial charge in [-0.3, -0.25) is 0 Å². The van der Waals surface area contributed by atoms with Gasteiger partial charge in [0, 0.05) is 12.3 Å². The van der Waals surface area contributed by atoms with Crippen molar-refractivity contribution in [1.29, 1.82) is 0 Å². The average molecular weight is 222 g/mol. The van der Waals surface area contributed by atoms with Crippen molar-refractivity contribution in [2.24, 2.45) is 5.92 Å². The highest BCUT2D eigenvalue weighted by atomic mass is 14.7. The van der Waals surface area contributed by atoms with Crippen LogP contribution in [0.1, 0.15) is 59.8 Å². The van der Waals surface area contributed by atoms with Crippen molar-refractivity contribution in [2.75, 3.05) is 0 Å². The first-order valence-corrected chi connectivity index (χ1v) is 6.56. The monoisotopic (exact) mass is 222 g/mol. The summed E-state index contributed by atoms with van der Waals surface area (Å²) in [4.78, 5) is 0. The first-order valence-electron chi connectivity index (χ1n) is 6.56. The molecule has 0 aliphatic heterocycles. The molecule has 3 N–H and O–H groups in total. The Labute approximate surface area is 101 Å². The van der Waals surface area contributed by atoms with Crippen molar-refractivity contribution < 1.29 is 5.73 Å². The molecule has 1 aliphatic carbocycles. The molecule has 0 aromatic carbocycles. The van der Waals surface area contributed by atoms with Crippen molar-refractivity contribution >= 4 is 0 Å². The number of hydrogen-bond acceptors (Lipinski definition) is 0. The van der Waals surface area contributed by atoms with Crippen LogP contribution in [-0.2, 0) is 0 Å². The lowest BCUT2D eigenvalue weighted by molar-refractivity contribution is -0.488. The average Bonchev–Trinajstić information content (AvgIpc) is 2.17. The number of hydrogen-bond donors (Lipinski definition) is 1. The van der Waals surface area contributed by atoms with Crippen LogP contribution in [0.3, 0.4) is 0 Å². The Balaban J connectivity index is 2.47. The second-order valence-corrected chi connectivity index (χ2v) is 6.00. The zero-order chi connectivity index (χ0) is 12.2. The van der Waals surface area contributed by atoms with Gasteiger partial charge in [-0.1, -0.05) is 23.3 Å². The highest BCUT2D eigenvalue weighted by molar-refractivity contribution is 5.05. The largest absolute Gasteiger partial charge is 0.353 e. The highest BCUT2D eigenvalue weighted by Gasteiger charge is 2.33. The van der Waals surface area contributed by atoms with Crippen LogP contribution in [0.4, 0.5) is 0 Å². The van der Waals surface area contributed by atoms with E-state index in [1.165, 1.54) is 37.7 Å². The Morgan fingerprint density at radius 2 is 2.25 bits per heavy atom. The minimum atomic E-state index is 0.253. The van der Waals surface area contributed by atoms with Crippen LogP contribution >= 0.6 is 0 Å². The minimum Gasteiger partial charge on any atom is -0.353 e. The lowest BCUT2D eigenvalue weighted by Gasteiger charge is -2.32. The fourth-order valence-corrected chi connectivity index (χ4v) is 2.49. The summed E-state index contributed by atoms with van der Waals surface area (Å²) in [6.45, 7) is 8.94. The molecule has 0 heterocycles. The maximum atomic E-state index is 4.46. The molecular weight excluding hydrogens is 194 g/mol. The Kier molecular flexibility index (Phi) is 4.79. The Bertz CT molecular complexity index is 280. The third-order valence-corrected chi connectivity index (χ3v) is 3.89. The fourth-order valence-electron chi connectivity index (χ4n) is 2.49. The number of allylic oxidation sites excluding steroid dienone is 4. The van der Waals surface area contributed by atoms with Gasteiger partial charge in [-0.25, -0.2) is 0 Å². The number of rotatable bonds is 4. The molecule has 0 saturated heterocycles. The zero-order valence-electron chi connectivity index (χ0n) is 11.5. The van der Waals surface area contributed by atoms with Gasteiger partial charge in [0.15, 0.2) is 0 Å². The second-order valence-electron chi connectivity index (χ2n) is 6.00. The molecule has 0 fully saturated rings. The lowest BCUT2D eigenvalue weighted by Crippen LogP contribution is -2.74. The molecule has 0 amide bonds. The van der Waals surface area contributed by atoms with E-state index >= 15 is 0 Å². The lowest BCUT2D eigenvalue weighted by atomic mass is 9.75. The van der Waals surface area contributed by atoms with Gasteiger partial charge in [-0.05, 0) is 53.4 Å². The summed E-state index contributed by atoms with van der Waals surface area (Å²) in [5.74, 6) is 0.779. The van der Waals surface area contributed by atoms with Crippen molar-refractivity contribution in [2.45, 2.75) is 65.3 Å². The molecule has 0 saturated carbocycles. The topological polar surface area (TPSA) is 27.6 Å². The van der Waals surface area contributed by atoms with E-state index < -0.39 is 0 Å². The molecular formula is C15H28N+. The molecule has 2 atom stereocenters. The Morgan fingerprint density at radius 1 is 1.56 bits per heavy atom. The predicted octanol–water partition coefficient (Wildman–Crippen LogP) is 3.48. The molecule has 16 heavy (non-hydrogen) atoms. The Morgan fingerprint density at radius 3 is 2.75 bits per heavy atom.